The van der Waals surface area contributed by atoms with E-state index in [1.165, 1.54) is 6.08 Å². The lowest BCUT2D eigenvalue weighted by molar-refractivity contribution is -0.116. The summed E-state index contributed by atoms with van der Waals surface area (Å²) in [7, 11) is 0. The molecule has 0 spiro atoms. The molecule has 0 aliphatic carbocycles. The molecule has 0 aliphatic rings. The maximum atomic E-state index is 11.5. The lowest BCUT2D eigenvalue weighted by Crippen LogP contribution is -2.25. The summed E-state index contributed by atoms with van der Waals surface area (Å²) in [5.41, 5.74) is 0.681. The first-order chi connectivity index (χ1) is 9.13. The Labute approximate surface area is 122 Å². The lowest BCUT2D eigenvalue weighted by Gasteiger charge is -2.03. The van der Waals surface area contributed by atoms with Gasteiger partial charge in [-0.2, -0.15) is 0 Å². The van der Waals surface area contributed by atoms with Crippen molar-refractivity contribution < 1.29 is 14.6 Å². The minimum atomic E-state index is -0.247. The normalized spacial score (nSPS) is 10.9. The maximum Gasteiger partial charge on any atom is 0.244 e. The first kappa shape index (κ1) is 16.0. The molecule has 1 aromatic rings. The zero-order chi connectivity index (χ0) is 14.1. The molecule has 19 heavy (non-hydrogen) atoms. The van der Waals surface area contributed by atoms with E-state index in [0.29, 0.717) is 28.8 Å². The van der Waals surface area contributed by atoms with Gasteiger partial charge in [0.1, 0.15) is 0 Å². The van der Waals surface area contributed by atoms with Gasteiger partial charge in [0, 0.05) is 22.7 Å². The van der Waals surface area contributed by atoms with E-state index >= 15 is 0 Å². The number of nitrogens with one attached hydrogen (secondary N) is 1. The zero-order valence-electron chi connectivity index (χ0n) is 10.2. The molecule has 1 aromatic carbocycles. The Morgan fingerprint density at radius 2 is 2.16 bits per heavy atom. The zero-order valence-corrected chi connectivity index (χ0v) is 11.7. The molecule has 0 aliphatic heterocycles. The molecule has 0 radical (unpaired) electrons. The standard InChI is InChI=1S/C13H15Cl2NO3/c14-11-2-3-12(15)10(9-11)1-4-13(18)16-5-7-19-8-6-17/h1-4,9,17H,5-8H2,(H,16,18)/b4-1+. The fourth-order valence-electron chi connectivity index (χ4n) is 1.28. The van der Waals surface area contributed by atoms with Crippen molar-refractivity contribution in [1.29, 1.82) is 0 Å². The molecule has 0 fully saturated rings. The van der Waals surface area contributed by atoms with E-state index in [0.717, 1.165) is 0 Å². The van der Waals surface area contributed by atoms with Crippen LogP contribution in [0.15, 0.2) is 24.3 Å². The molecule has 104 valence electrons. The second kappa shape index (κ2) is 8.93. The summed E-state index contributed by atoms with van der Waals surface area (Å²) in [6, 6.07) is 5.03. The third-order valence-corrected chi connectivity index (χ3v) is 2.73. The van der Waals surface area contributed by atoms with Crippen molar-refractivity contribution in [2.45, 2.75) is 0 Å². The Kier molecular flexibility index (Phi) is 7.52. The number of carbonyl (C=O) groups excluding carboxylic acids is 1. The van der Waals surface area contributed by atoms with Crippen LogP contribution in [0.3, 0.4) is 0 Å². The van der Waals surface area contributed by atoms with E-state index in [1.807, 2.05) is 0 Å². The fourth-order valence-corrected chi connectivity index (χ4v) is 1.64. The molecule has 2 N–H and O–H groups in total. The van der Waals surface area contributed by atoms with Crippen LogP contribution in [-0.4, -0.2) is 37.4 Å². The summed E-state index contributed by atoms with van der Waals surface area (Å²) in [6.07, 6.45) is 2.97. The van der Waals surface area contributed by atoms with Crippen LogP contribution in [0.25, 0.3) is 6.08 Å². The third kappa shape index (κ3) is 6.59. The van der Waals surface area contributed by atoms with Gasteiger partial charge in [0.2, 0.25) is 5.91 Å². The van der Waals surface area contributed by atoms with Gasteiger partial charge in [0.15, 0.2) is 0 Å². The molecule has 0 saturated heterocycles. The second-order valence-electron chi connectivity index (χ2n) is 3.63. The van der Waals surface area contributed by atoms with Crippen molar-refractivity contribution >= 4 is 35.2 Å². The van der Waals surface area contributed by atoms with Crippen LogP contribution in [0, 0.1) is 0 Å². The van der Waals surface area contributed by atoms with Crippen LogP contribution in [0.1, 0.15) is 5.56 Å². The van der Waals surface area contributed by atoms with E-state index in [1.54, 1.807) is 24.3 Å². The average Bonchev–Trinajstić information content (AvgIpc) is 2.39. The largest absolute Gasteiger partial charge is 0.394 e. The lowest BCUT2D eigenvalue weighted by atomic mass is 10.2. The summed E-state index contributed by atoms with van der Waals surface area (Å²) in [4.78, 5) is 11.5. The molecule has 6 heteroatoms. The number of amides is 1. The summed E-state index contributed by atoms with van der Waals surface area (Å²) in [5.74, 6) is -0.247. The fraction of sp³-hybridized carbons (Fsp3) is 0.308. The van der Waals surface area contributed by atoms with E-state index in [9.17, 15) is 4.79 Å². The minimum Gasteiger partial charge on any atom is -0.394 e. The molecule has 0 atom stereocenters. The molecular weight excluding hydrogens is 289 g/mol. The number of rotatable bonds is 7. The van der Waals surface area contributed by atoms with Gasteiger partial charge in [0.25, 0.3) is 0 Å². The minimum absolute atomic E-state index is 0.0267. The predicted molar refractivity (Wildman–Crippen MR) is 76.4 cm³/mol. The first-order valence-corrected chi connectivity index (χ1v) is 6.48. The van der Waals surface area contributed by atoms with Crippen molar-refractivity contribution in [3.8, 4) is 0 Å². The van der Waals surface area contributed by atoms with Crippen molar-refractivity contribution in [2.75, 3.05) is 26.4 Å². The van der Waals surface area contributed by atoms with Gasteiger partial charge in [0.05, 0.1) is 19.8 Å². The number of ether oxygens (including phenoxy) is 1. The molecule has 0 unspecified atom stereocenters. The highest BCUT2D eigenvalue weighted by atomic mass is 35.5. The number of hydrogen-bond acceptors (Lipinski definition) is 3. The van der Waals surface area contributed by atoms with E-state index in [-0.39, 0.29) is 19.1 Å². The SMILES string of the molecule is O=C(/C=C/c1cc(Cl)ccc1Cl)NCCOCCO. The van der Waals surface area contributed by atoms with Crippen LogP contribution in [0.2, 0.25) is 10.0 Å². The van der Waals surface area contributed by atoms with Crippen molar-refractivity contribution in [3.63, 3.8) is 0 Å². The van der Waals surface area contributed by atoms with Crippen molar-refractivity contribution in [1.82, 2.24) is 5.32 Å². The highest BCUT2D eigenvalue weighted by molar-refractivity contribution is 6.34. The molecule has 1 rings (SSSR count). The molecule has 1 amide bonds. The van der Waals surface area contributed by atoms with Gasteiger partial charge in [-0.05, 0) is 29.8 Å². The van der Waals surface area contributed by atoms with Crippen LogP contribution in [0.4, 0.5) is 0 Å². The predicted octanol–water partition coefficient (Wildman–Crippen LogP) is 2.13. The summed E-state index contributed by atoms with van der Waals surface area (Å²) >= 11 is 11.8. The number of hydrogen-bond donors (Lipinski definition) is 2. The third-order valence-electron chi connectivity index (χ3n) is 2.15. The molecule has 4 nitrogen and oxygen atoms in total. The van der Waals surface area contributed by atoms with Gasteiger partial charge >= 0.3 is 0 Å². The van der Waals surface area contributed by atoms with Crippen LogP contribution >= 0.6 is 23.2 Å². The van der Waals surface area contributed by atoms with E-state index in [4.69, 9.17) is 33.0 Å². The Morgan fingerprint density at radius 3 is 2.89 bits per heavy atom. The Bertz CT molecular complexity index is 450. The van der Waals surface area contributed by atoms with E-state index < -0.39 is 0 Å². The number of benzene rings is 1. The smallest absolute Gasteiger partial charge is 0.244 e. The number of aliphatic hydroxyl groups excluding tert-OH is 1. The highest BCUT2D eigenvalue weighted by Gasteiger charge is 1.99. The topological polar surface area (TPSA) is 58.6 Å². The molecule has 0 aromatic heterocycles. The van der Waals surface area contributed by atoms with Gasteiger partial charge in [-0.15, -0.1) is 0 Å². The average molecular weight is 304 g/mol. The van der Waals surface area contributed by atoms with Gasteiger partial charge in [-0.3, -0.25) is 4.79 Å². The summed E-state index contributed by atoms with van der Waals surface area (Å²) in [6.45, 7) is 0.982. The molecule has 0 saturated carbocycles. The Hall–Kier alpha value is -1.07. The maximum absolute atomic E-state index is 11.5. The highest BCUT2D eigenvalue weighted by Crippen LogP contribution is 2.21. The molecule has 0 heterocycles. The van der Waals surface area contributed by atoms with Gasteiger partial charge < -0.3 is 15.2 Å². The Balaban J connectivity index is 2.39. The first-order valence-electron chi connectivity index (χ1n) is 5.73. The van der Waals surface area contributed by atoms with Crippen molar-refractivity contribution in [3.05, 3.63) is 39.9 Å². The van der Waals surface area contributed by atoms with Crippen LogP contribution in [0.5, 0.6) is 0 Å². The monoisotopic (exact) mass is 303 g/mol. The number of aliphatic hydroxyl groups is 1. The van der Waals surface area contributed by atoms with Gasteiger partial charge in [-0.1, -0.05) is 23.2 Å². The van der Waals surface area contributed by atoms with Crippen LogP contribution < -0.4 is 5.32 Å². The van der Waals surface area contributed by atoms with E-state index in [2.05, 4.69) is 5.32 Å². The number of halogens is 2. The molecule has 0 bridgehead atoms. The summed E-state index contributed by atoms with van der Waals surface area (Å²) in [5, 5.41) is 12.2. The Morgan fingerprint density at radius 1 is 1.37 bits per heavy atom. The summed E-state index contributed by atoms with van der Waals surface area (Å²) < 4.78 is 5.00. The second-order valence-corrected chi connectivity index (χ2v) is 4.47. The number of carbonyl (C=O) groups is 1. The van der Waals surface area contributed by atoms with Crippen molar-refractivity contribution in [2.24, 2.45) is 0 Å². The van der Waals surface area contributed by atoms with Crippen LogP contribution in [-0.2, 0) is 9.53 Å². The quantitative estimate of drug-likeness (QED) is 0.599. The van der Waals surface area contributed by atoms with Gasteiger partial charge in [-0.25, -0.2) is 0 Å². The molecular formula is C13H15Cl2NO3.